The summed E-state index contributed by atoms with van der Waals surface area (Å²) in [5, 5.41) is 3.02. The summed E-state index contributed by atoms with van der Waals surface area (Å²) >= 11 is 0. The summed E-state index contributed by atoms with van der Waals surface area (Å²) in [4.78, 5) is 23.5. The summed E-state index contributed by atoms with van der Waals surface area (Å²) in [5.41, 5.74) is 1.49. The van der Waals surface area contributed by atoms with Crippen molar-refractivity contribution in [3.8, 4) is 5.88 Å². The minimum atomic E-state index is -0.513. The normalized spacial score (nSPS) is 22.8. The van der Waals surface area contributed by atoms with E-state index in [-0.39, 0.29) is 5.91 Å². The lowest BCUT2D eigenvalue weighted by Crippen LogP contribution is -2.50. The van der Waals surface area contributed by atoms with Gasteiger partial charge >= 0.3 is 0 Å². The number of aromatic nitrogens is 2. The molecule has 1 atom stereocenters. The average Bonchev–Trinajstić information content (AvgIpc) is 2.87. The van der Waals surface area contributed by atoms with Crippen LogP contribution in [0.15, 0.2) is 36.5 Å². The Morgan fingerprint density at radius 3 is 3.04 bits per heavy atom. The maximum atomic E-state index is 12.7. The van der Waals surface area contributed by atoms with Crippen molar-refractivity contribution >= 4 is 17.5 Å². The molecule has 1 amide bonds. The van der Waals surface area contributed by atoms with Crippen LogP contribution in [0, 0.1) is 0 Å². The van der Waals surface area contributed by atoms with E-state index in [9.17, 15) is 4.79 Å². The van der Waals surface area contributed by atoms with Crippen LogP contribution in [-0.2, 0) is 10.2 Å². The van der Waals surface area contributed by atoms with Gasteiger partial charge in [0.25, 0.3) is 0 Å². The summed E-state index contributed by atoms with van der Waals surface area (Å²) in [6.07, 6.45) is 3.45. The molecule has 4 rings (SSSR count). The van der Waals surface area contributed by atoms with Gasteiger partial charge in [0.1, 0.15) is 0 Å². The van der Waals surface area contributed by atoms with Gasteiger partial charge in [-0.15, -0.1) is 0 Å². The molecule has 1 unspecified atom stereocenters. The molecule has 6 heteroatoms. The Morgan fingerprint density at radius 2 is 2.17 bits per heavy atom. The van der Waals surface area contributed by atoms with Gasteiger partial charge in [0, 0.05) is 31.0 Å². The predicted molar refractivity (Wildman–Crippen MR) is 86.8 cm³/mol. The van der Waals surface area contributed by atoms with Gasteiger partial charge in [-0.05, 0) is 24.5 Å². The van der Waals surface area contributed by atoms with Crippen LogP contribution in [-0.4, -0.2) is 36.1 Å². The molecule has 0 saturated carbocycles. The number of fused-ring (bicyclic) bond motifs is 2. The fraction of sp³-hybridized carbons (Fsp3) is 0.353. The smallest absolute Gasteiger partial charge is 0.236 e. The van der Waals surface area contributed by atoms with E-state index < -0.39 is 5.41 Å². The molecule has 1 spiro atoms. The van der Waals surface area contributed by atoms with Crippen LogP contribution >= 0.6 is 0 Å². The van der Waals surface area contributed by atoms with Gasteiger partial charge < -0.3 is 15.0 Å². The maximum Gasteiger partial charge on any atom is 0.236 e. The molecule has 2 aliphatic heterocycles. The monoisotopic (exact) mass is 310 g/mol. The zero-order chi connectivity index (χ0) is 15.9. The van der Waals surface area contributed by atoms with Crippen LogP contribution in [0.2, 0.25) is 0 Å². The fourth-order valence-corrected chi connectivity index (χ4v) is 3.60. The number of rotatable bonds is 2. The van der Waals surface area contributed by atoms with Gasteiger partial charge in [0.2, 0.25) is 17.7 Å². The van der Waals surface area contributed by atoms with Crippen molar-refractivity contribution in [2.75, 3.05) is 30.4 Å². The number of para-hydroxylation sites is 1. The number of amides is 1. The highest BCUT2D eigenvalue weighted by Crippen LogP contribution is 2.44. The average molecular weight is 310 g/mol. The van der Waals surface area contributed by atoms with E-state index in [0.29, 0.717) is 18.4 Å². The molecular formula is C17H18N4O2. The highest BCUT2D eigenvalue weighted by molar-refractivity contribution is 6.06. The van der Waals surface area contributed by atoms with Crippen LogP contribution < -0.4 is 15.0 Å². The number of carbonyl (C=O) groups is 1. The first-order chi connectivity index (χ1) is 11.2. The lowest BCUT2D eigenvalue weighted by Gasteiger charge is -2.39. The summed E-state index contributed by atoms with van der Waals surface area (Å²) in [7, 11) is 1.59. The molecule has 1 aromatic carbocycles. The highest BCUT2D eigenvalue weighted by Gasteiger charge is 2.49. The molecule has 2 aromatic rings. The maximum absolute atomic E-state index is 12.7. The Kier molecular flexibility index (Phi) is 3.18. The second kappa shape index (κ2) is 5.22. The summed E-state index contributed by atoms with van der Waals surface area (Å²) in [5.74, 6) is 1.22. The number of nitrogens with one attached hydrogen (secondary N) is 1. The standard InChI is InChI=1S/C17H18N4O2/c1-23-14-7-9-18-16(20-14)21-10-4-8-17(11-21)12-5-2-3-6-13(12)19-15(17)22/h2-3,5-7,9H,4,8,10-11H2,1H3,(H,19,22). The van der Waals surface area contributed by atoms with E-state index in [4.69, 9.17) is 4.74 Å². The van der Waals surface area contributed by atoms with Crippen molar-refractivity contribution in [3.05, 3.63) is 42.1 Å². The number of methoxy groups -OCH3 is 1. The molecule has 3 heterocycles. The lowest BCUT2D eigenvalue weighted by atomic mass is 9.75. The van der Waals surface area contributed by atoms with Crippen molar-refractivity contribution in [2.45, 2.75) is 18.3 Å². The second-order valence-electron chi connectivity index (χ2n) is 6.01. The summed E-state index contributed by atoms with van der Waals surface area (Å²) in [6, 6.07) is 9.67. The van der Waals surface area contributed by atoms with E-state index in [0.717, 1.165) is 30.6 Å². The molecule has 0 radical (unpaired) electrons. The van der Waals surface area contributed by atoms with E-state index in [1.165, 1.54) is 0 Å². The first kappa shape index (κ1) is 14.0. The molecule has 1 N–H and O–H groups in total. The largest absolute Gasteiger partial charge is 0.481 e. The van der Waals surface area contributed by atoms with E-state index in [1.54, 1.807) is 19.4 Å². The first-order valence-electron chi connectivity index (χ1n) is 7.76. The van der Waals surface area contributed by atoms with Crippen LogP contribution in [0.3, 0.4) is 0 Å². The van der Waals surface area contributed by atoms with Gasteiger partial charge in [0.15, 0.2) is 0 Å². The fourth-order valence-electron chi connectivity index (χ4n) is 3.60. The third-order valence-electron chi connectivity index (χ3n) is 4.73. The van der Waals surface area contributed by atoms with Crippen molar-refractivity contribution in [2.24, 2.45) is 0 Å². The quantitative estimate of drug-likeness (QED) is 0.918. The number of ether oxygens (including phenoxy) is 1. The van der Waals surface area contributed by atoms with E-state index in [1.807, 2.05) is 24.3 Å². The van der Waals surface area contributed by atoms with E-state index >= 15 is 0 Å². The molecule has 0 aliphatic carbocycles. The Bertz CT molecular complexity index is 764. The predicted octanol–water partition coefficient (Wildman–Crippen LogP) is 1.98. The number of nitrogens with zero attached hydrogens (tertiary/aromatic N) is 3. The zero-order valence-corrected chi connectivity index (χ0v) is 13.0. The van der Waals surface area contributed by atoms with Crippen molar-refractivity contribution in [3.63, 3.8) is 0 Å². The number of hydrogen-bond donors (Lipinski definition) is 1. The topological polar surface area (TPSA) is 67.3 Å². The minimum Gasteiger partial charge on any atom is -0.481 e. The lowest BCUT2D eigenvalue weighted by molar-refractivity contribution is -0.121. The number of benzene rings is 1. The van der Waals surface area contributed by atoms with Gasteiger partial charge in [-0.25, -0.2) is 4.98 Å². The molecule has 118 valence electrons. The molecule has 0 bridgehead atoms. The Hall–Kier alpha value is -2.63. The number of anilines is 2. The molecule has 1 fully saturated rings. The molecule has 1 aromatic heterocycles. The molecule has 1 saturated heterocycles. The van der Waals surface area contributed by atoms with Crippen LogP contribution in [0.5, 0.6) is 5.88 Å². The van der Waals surface area contributed by atoms with Crippen molar-refractivity contribution < 1.29 is 9.53 Å². The molecular weight excluding hydrogens is 292 g/mol. The van der Waals surface area contributed by atoms with Crippen LogP contribution in [0.4, 0.5) is 11.6 Å². The summed E-state index contributed by atoms with van der Waals surface area (Å²) in [6.45, 7) is 1.42. The third-order valence-corrected chi connectivity index (χ3v) is 4.73. The first-order valence-corrected chi connectivity index (χ1v) is 7.76. The van der Waals surface area contributed by atoms with Gasteiger partial charge in [0.05, 0.1) is 12.5 Å². The van der Waals surface area contributed by atoms with Crippen molar-refractivity contribution in [1.29, 1.82) is 0 Å². The number of piperidine rings is 1. The Labute approximate surface area is 134 Å². The molecule has 23 heavy (non-hydrogen) atoms. The van der Waals surface area contributed by atoms with Gasteiger partial charge in [-0.2, -0.15) is 4.98 Å². The van der Waals surface area contributed by atoms with Gasteiger partial charge in [-0.3, -0.25) is 4.79 Å². The Balaban J connectivity index is 1.71. The third kappa shape index (κ3) is 2.13. The highest BCUT2D eigenvalue weighted by atomic mass is 16.5. The Morgan fingerprint density at radius 1 is 1.30 bits per heavy atom. The zero-order valence-electron chi connectivity index (χ0n) is 13.0. The SMILES string of the molecule is COc1ccnc(N2CCCC3(C2)C(=O)Nc2ccccc23)n1. The minimum absolute atomic E-state index is 0.0753. The summed E-state index contributed by atoms with van der Waals surface area (Å²) < 4.78 is 5.18. The van der Waals surface area contributed by atoms with Crippen LogP contribution in [0.1, 0.15) is 18.4 Å². The number of hydrogen-bond acceptors (Lipinski definition) is 5. The molecule has 2 aliphatic rings. The van der Waals surface area contributed by atoms with Gasteiger partial charge in [-0.1, -0.05) is 18.2 Å². The molecule has 6 nitrogen and oxygen atoms in total. The van der Waals surface area contributed by atoms with Crippen LogP contribution in [0.25, 0.3) is 0 Å². The van der Waals surface area contributed by atoms with Crippen molar-refractivity contribution in [1.82, 2.24) is 9.97 Å². The van der Waals surface area contributed by atoms with E-state index in [2.05, 4.69) is 20.2 Å². The second-order valence-corrected chi connectivity index (χ2v) is 6.01. The number of carbonyl (C=O) groups excluding carboxylic acids is 1.